The fourth-order valence-electron chi connectivity index (χ4n) is 3.05. The number of benzene rings is 1. The molecule has 1 saturated carbocycles. The van der Waals surface area contributed by atoms with Gasteiger partial charge in [0.15, 0.2) is 0 Å². The number of thiophene rings is 1. The minimum Gasteiger partial charge on any atom is -0.368 e. The van der Waals surface area contributed by atoms with Crippen LogP contribution in [0.2, 0.25) is 0 Å². The summed E-state index contributed by atoms with van der Waals surface area (Å²) in [5.41, 5.74) is 6.31. The summed E-state index contributed by atoms with van der Waals surface area (Å²) in [5, 5.41) is 3.30. The van der Waals surface area contributed by atoms with E-state index in [1.54, 1.807) is 23.5 Å². The molecule has 1 aliphatic carbocycles. The lowest BCUT2D eigenvalue weighted by Crippen LogP contribution is -2.46. The minimum atomic E-state index is -0.600. The first-order chi connectivity index (χ1) is 11.0. The molecule has 3 nitrogen and oxygen atoms in total. The molecule has 1 aromatic heterocycles. The Morgan fingerprint density at radius 3 is 2.48 bits per heavy atom. The van der Waals surface area contributed by atoms with Crippen LogP contribution in [-0.2, 0) is 10.2 Å². The van der Waals surface area contributed by atoms with Gasteiger partial charge in [-0.15, -0.1) is 11.3 Å². The van der Waals surface area contributed by atoms with Crippen molar-refractivity contribution in [2.45, 2.75) is 30.7 Å². The second kappa shape index (κ2) is 6.71. The topological polar surface area (TPSA) is 55.1 Å². The van der Waals surface area contributed by atoms with Crippen LogP contribution in [0.1, 0.15) is 35.7 Å². The van der Waals surface area contributed by atoms with Gasteiger partial charge in [-0.1, -0.05) is 18.6 Å². The van der Waals surface area contributed by atoms with E-state index in [4.69, 9.17) is 5.73 Å². The lowest BCUT2D eigenvalue weighted by molar-refractivity contribution is -0.120. The molecule has 1 aromatic carbocycles. The molecule has 1 fully saturated rings. The zero-order chi connectivity index (χ0) is 16.4. The summed E-state index contributed by atoms with van der Waals surface area (Å²) in [6.45, 7) is 0.685. The van der Waals surface area contributed by atoms with Gasteiger partial charge < -0.3 is 11.1 Å². The van der Waals surface area contributed by atoms with E-state index in [2.05, 4.69) is 33.4 Å². The van der Waals surface area contributed by atoms with E-state index in [1.807, 2.05) is 0 Å². The number of rotatable bonds is 6. The maximum Gasteiger partial charge on any atom is 0.239 e. The molecule has 23 heavy (non-hydrogen) atoms. The van der Waals surface area contributed by atoms with Crippen LogP contribution in [-0.4, -0.2) is 12.5 Å². The molecular formula is C17H18BrFN2OS. The standard InChI is InChI=1S/C17H18BrFN2OS/c18-14-7-6-13(23-14)17(8-1-9-17)10-21-15(16(20)22)11-2-4-12(19)5-3-11/h2-7,15,21H,1,8-10H2,(H2,20,22). The van der Waals surface area contributed by atoms with Gasteiger partial charge >= 0.3 is 0 Å². The third-order valence-electron chi connectivity index (χ3n) is 4.54. The Labute approximate surface area is 147 Å². The van der Waals surface area contributed by atoms with Gasteiger partial charge in [-0.05, 0) is 58.6 Å². The van der Waals surface area contributed by atoms with Crippen LogP contribution < -0.4 is 11.1 Å². The number of primary amides is 1. The molecule has 1 amide bonds. The summed E-state index contributed by atoms with van der Waals surface area (Å²) < 4.78 is 14.2. The number of carbonyl (C=O) groups excluding carboxylic acids is 1. The number of nitrogens with two attached hydrogens (primary N) is 1. The van der Waals surface area contributed by atoms with Gasteiger partial charge in [0.05, 0.1) is 3.79 Å². The minimum absolute atomic E-state index is 0.0738. The van der Waals surface area contributed by atoms with Crippen molar-refractivity contribution in [3.63, 3.8) is 0 Å². The van der Waals surface area contributed by atoms with Crippen LogP contribution in [0.25, 0.3) is 0 Å². The molecule has 0 radical (unpaired) electrons. The number of hydrogen-bond donors (Lipinski definition) is 2. The first-order valence-electron chi connectivity index (χ1n) is 7.54. The van der Waals surface area contributed by atoms with Crippen molar-refractivity contribution >= 4 is 33.2 Å². The number of amides is 1. The van der Waals surface area contributed by atoms with Crippen molar-refractivity contribution in [3.05, 3.63) is 56.4 Å². The highest BCUT2D eigenvalue weighted by atomic mass is 79.9. The predicted octanol–water partition coefficient (Wildman–Crippen LogP) is 3.89. The summed E-state index contributed by atoms with van der Waals surface area (Å²) >= 11 is 5.25. The molecule has 1 unspecified atom stereocenters. The fraction of sp³-hybridized carbons (Fsp3) is 0.353. The number of nitrogens with one attached hydrogen (secondary N) is 1. The molecule has 1 atom stereocenters. The van der Waals surface area contributed by atoms with Crippen molar-refractivity contribution in [2.24, 2.45) is 5.73 Å². The van der Waals surface area contributed by atoms with Crippen LogP contribution in [0.5, 0.6) is 0 Å². The van der Waals surface area contributed by atoms with Crippen LogP contribution in [0.15, 0.2) is 40.2 Å². The van der Waals surface area contributed by atoms with Crippen LogP contribution in [0, 0.1) is 5.82 Å². The molecule has 1 aliphatic rings. The van der Waals surface area contributed by atoms with Gasteiger partial charge in [0.1, 0.15) is 11.9 Å². The third kappa shape index (κ3) is 3.49. The summed E-state index contributed by atoms with van der Waals surface area (Å²) in [5.74, 6) is -0.769. The van der Waals surface area contributed by atoms with E-state index in [9.17, 15) is 9.18 Å². The molecule has 0 saturated heterocycles. The van der Waals surface area contributed by atoms with E-state index in [-0.39, 0.29) is 11.2 Å². The first kappa shape index (κ1) is 16.6. The summed E-state index contributed by atoms with van der Waals surface area (Å²) in [6.07, 6.45) is 3.39. The zero-order valence-electron chi connectivity index (χ0n) is 12.5. The maximum atomic E-state index is 13.1. The Morgan fingerprint density at radius 1 is 1.30 bits per heavy atom. The van der Waals surface area contributed by atoms with Gasteiger partial charge in [0.25, 0.3) is 0 Å². The van der Waals surface area contributed by atoms with Gasteiger partial charge in [-0.25, -0.2) is 4.39 Å². The molecule has 2 aromatic rings. The number of hydrogen-bond acceptors (Lipinski definition) is 3. The summed E-state index contributed by atoms with van der Waals surface area (Å²) in [7, 11) is 0. The summed E-state index contributed by atoms with van der Waals surface area (Å²) in [4.78, 5) is 13.1. The van der Waals surface area contributed by atoms with Crippen molar-refractivity contribution in [3.8, 4) is 0 Å². The Kier molecular flexibility index (Phi) is 4.85. The van der Waals surface area contributed by atoms with Crippen molar-refractivity contribution in [1.29, 1.82) is 0 Å². The second-order valence-electron chi connectivity index (χ2n) is 6.01. The molecular weight excluding hydrogens is 379 g/mol. The highest BCUT2D eigenvalue weighted by molar-refractivity contribution is 9.11. The lowest BCUT2D eigenvalue weighted by Gasteiger charge is -2.42. The Hall–Kier alpha value is -1.24. The average Bonchev–Trinajstić information content (AvgIpc) is 2.89. The number of halogens is 2. The smallest absolute Gasteiger partial charge is 0.239 e. The molecule has 1 heterocycles. The van der Waals surface area contributed by atoms with E-state index in [1.165, 1.54) is 23.4 Å². The zero-order valence-corrected chi connectivity index (χ0v) is 14.9. The predicted molar refractivity (Wildman–Crippen MR) is 93.9 cm³/mol. The van der Waals surface area contributed by atoms with Crippen LogP contribution in [0.3, 0.4) is 0 Å². The van der Waals surface area contributed by atoms with E-state index < -0.39 is 11.9 Å². The Morgan fingerprint density at radius 2 is 2.00 bits per heavy atom. The SMILES string of the molecule is NC(=O)C(NCC1(c2ccc(Br)s2)CCC1)c1ccc(F)cc1. The van der Waals surface area contributed by atoms with Crippen molar-refractivity contribution < 1.29 is 9.18 Å². The largest absolute Gasteiger partial charge is 0.368 e. The molecule has 3 N–H and O–H groups in total. The highest BCUT2D eigenvalue weighted by Gasteiger charge is 2.40. The van der Waals surface area contributed by atoms with Gasteiger partial charge in [-0.2, -0.15) is 0 Å². The monoisotopic (exact) mass is 396 g/mol. The average molecular weight is 397 g/mol. The molecule has 6 heteroatoms. The maximum absolute atomic E-state index is 13.1. The fourth-order valence-corrected chi connectivity index (χ4v) is 4.68. The number of carbonyl (C=O) groups is 1. The highest BCUT2D eigenvalue weighted by Crippen LogP contribution is 2.46. The van der Waals surface area contributed by atoms with Crippen LogP contribution in [0.4, 0.5) is 4.39 Å². The van der Waals surface area contributed by atoms with E-state index >= 15 is 0 Å². The van der Waals surface area contributed by atoms with Gasteiger partial charge in [-0.3, -0.25) is 4.79 Å². The van der Waals surface area contributed by atoms with Gasteiger partial charge in [0, 0.05) is 16.8 Å². The molecule has 122 valence electrons. The summed E-state index contributed by atoms with van der Waals surface area (Å²) in [6, 6.07) is 9.51. The Balaban J connectivity index is 1.76. The molecule has 3 rings (SSSR count). The van der Waals surface area contributed by atoms with Crippen molar-refractivity contribution in [2.75, 3.05) is 6.54 Å². The van der Waals surface area contributed by atoms with Crippen LogP contribution >= 0.6 is 27.3 Å². The normalized spacial score (nSPS) is 17.5. The second-order valence-corrected chi connectivity index (χ2v) is 8.47. The van der Waals surface area contributed by atoms with Gasteiger partial charge in [0.2, 0.25) is 5.91 Å². The molecule has 0 bridgehead atoms. The third-order valence-corrected chi connectivity index (χ3v) is 6.41. The quantitative estimate of drug-likeness (QED) is 0.777. The van der Waals surface area contributed by atoms with E-state index in [0.717, 1.165) is 16.6 Å². The first-order valence-corrected chi connectivity index (χ1v) is 9.15. The molecule has 0 aliphatic heterocycles. The van der Waals surface area contributed by atoms with E-state index in [0.29, 0.717) is 12.1 Å². The lowest BCUT2D eigenvalue weighted by atomic mass is 9.67. The van der Waals surface area contributed by atoms with Crippen molar-refractivity contribution in [1.82, 2.24) is 5.32 Å². The molecule has 0 spiro atoms. The Bertz CT molecular complexity index is 697.